The third-order valence-corrected chi connectivity index (χ3v) is 3.91. The second-order valence-corrected chi connectivity index (χ2v) is 5.22. The van der Waals surface area contributed by atoms with E-state index in [2.05, 4.69) is 17.1 Å². The number of rotatable bonds is 2. The molecule has 0 N–H and O–H groups in total. The molecule has 0 unspecified atom stereocenters. The summed E-state index contributed by atoms with van der Waals surface area (Å²) in [7, 11) is 1.99. The topological polar surface area (TPSA) is 22.2 Å². The minimum absolute atomic E-state index is 0.232. The molecule has 0 aliphatic carbocycles. The van der Waals surface area contributed by atoms with Crippen LogP contribution in [0.1, 0.15) is 0 Å². The van der Waals surface area contributed by atoms with Gasteiger partial charge >= 0.3 is 0 Å². The lowest BCUT2D eigenvalue weighted by atomic mass is 10.0. The number of imidazole rings is 1. The largest absolute Gasteiger partial charge is 0.282 e. The molecule has 3 nitrogen and oxygen atoms in total. The number of fused-ring (bicyclic) bond motifs is 1. The van der Waals surface area contributed by atoms with Crippen molar-refractivity contribution in [2.24, 2.45) is 7.05 Å². The van der Waals surface area contributed by atoms with Crippen LogP contribution in [0.15, 0.2) is 67.0 Å². The molecule has 0 saturated heterocycles. The van der Waals surface area contributed by atoms with Crippen LogP contribution in [0.5, 0.6) is 0 Å². The van der Waals surface area contributed by atoms with E-state index in [9.17, 15) is 4.39 Å². The lowest BCUT2D eigenvalue weighted by molar-refractivity contribution is 0.628. The van der Waals surface area contributed by atoms with Gasteiger partial charge in [-0.3, -0.25) is 4.68 Å². The molecule has 0 aliphatic heterocycles. The van der Waals surface area contributed by atoms with Crippen molar-refractivity contribution in [3.05, 3.63) is 72.8 Å². The average molecular weight is 291 g/mol. The quantitative estimate of drug-likeness (QED) is 0.544. The first kappa shape index (κ1) is 12.8. The number of hydrogen-bond acceptors (Lipinski definition) is 1. The van der Waals surface area contributed by atoms with Crippen molar-refractivity contribution in [1.29, 1.82) is 0 Å². The molecule has 22 heavy (non-hydrogen) atoms. The van der Waals surface area contributed by atoms with Crippen molar-refractivity contribution in [2.45, 2.75) is 0 Å². The minimum atomic E-state index is -0.232. The highest BCUT2D eigenvalue weighted by atomic mass is 19.1. The van der Waals surface area contributed by atoms with Gasteiger partial charge in [-0.25, -0.2) is 13.9 Å². The molecule has 0 fully saturated rings. The lowest BCUT2D eigenvalue weighted by Gasteiger charge is -2.08. The van der Waals surface area contributed by atoms with Gasteiger partial charge in [0.1, 0.15) is 5.82 Å². The molecule has 108 valence electrons. The van der Waals surface area contributed by atoms with Gasteiger partial charge in [0.25, 0.3) is 0 Å². The maximum absolute atomic E-state index is 13.2. The van der Waals surface area contributed by atoms with E-state index >= 15 is 0 Å². The smallest absolute Gasteiger partial charge is 0.161 e. The zero-order valence-electron chi connectivity index (χ0n) is 12.1. The van der Waals surface area contributed by atoms with Crippen LogP contribution in [0.25, 0.3) is 28.0 Å². The first-order chi connectivity index (χ1) is 10.8. The normalized spacial score (nSPS) is 11.2. The van der Waals surface area contributed by atoms with Crippen LogP contribution in [-0.2, 0) is 7.05 Å². The second-order valence-electron chi connectivity index (χ2n) is 5.22. The zero-order chi connectivity index (χ0) is 15.1. The summed E-state index contributed by atoms with van der Waals surface area (Å²) < 4.78 is 17.3. The molecule has 4 aromatic rings. The molecule has 0 radical (unpaired) electrons. The van der Waals surface area contributed by atoms with Gasteiger partial charge in [0.2, 0.25) is 0 Å². The Morgan fingerprint density at radius 1 is 0.909 bits per heavy atom. The third kappa shape index (κ3) is 1.84. The summed E-state index contributed by atoms with van der Waals surface area (Å²) in [5, 5.41) is 0. The molecule has 4 rings (SSSR count). The molecule has 2 heterocycles. The summed E-state index contributed by atoms with van der Waals surface area (Å²) in [5.41, 5.74) is 5.04. The van der Waals surface area contributed by atoms with Crippen LogP contribution in [0.3, 0.4) is 0 Å². The molecule has 0 saturated carbocycles. The molecule has 4 heteroatoms. The van der Waals surface area contributed by atoms with Crippen molar-refractivity contribution in [3.63, 3.8) is 0 Å². The SMILES string of the molecule is Cn1c(-c2ccc(F)cc2)c(-c2ccccc2)c2nccn21. The standard InChI is InChI=1S/C18H14FN3/c1-21-17(14-7-9-15(19)10-8-14)16(13-5-3-2-4-6-13)18-20-11-12-22(18)21/h2-12H,1H3. The van der Waals surface area contributed by atoms with Crippen LogP contribution in [0.2, 0.25) is 0 Å². The molecule has 0 amide bonds. The summed E-state index contributed by atoms with van der Waals surface area (Å²) in [4.78, 5) is 4.49. The summed E-state index contributed by atoms with van der Waals surface area (Å²) >= 11 is 0. The summed E-state index contributed by atoms with van der Waals surface area (Å²) in [5.74, 6) is -0.232. The number of nitrogens with zero attached hydrogens (tertiary/aromatic N) is 3. The molecule has 2 aromatic heterocycles. The Morgan fingerprint density at radius 2 is 1.64 bits per heavy atom. The fourth-order valence-electron chi connectivity index (χ4n) is 2.90. The van der Waals surface area contributed by atoms with E-state index in [-0.39, 0.29) is 5.82 Å². The Kier molecular flexibility index (Phi) is 2.82. The van der Waals surface area contributed by atoms with Gasteiger partial charge in [0.15, 0.2) is 5.65 Å². The van der Waals surface area contributed by atoms with Crippen LogP contribution in [0, 0.1) is 5.82 Å². The maximum atomic E-state index is 13.2. The predicted octanol–water partition coefficient (Wildman–Crippen LogP) is 4.15. The average Bonchev–Trinajstić information content (AvgIpc) is 3.12. The van der Waals surface area contributed by atoms with Gasteiger partial charge in [0, 0.05) is 25.0 Å². The fourth-order valence-corrected chi connectivity index (χ4v) is 2.90. The Bertz CT molecular complexity index is 934. The highest BCUT2D eigenvalue weighted by Gasteiger charge is 2.19. The number of hydrogen-bond donors (Lipinski definition) is 0. The number of halogens is 1. The van der Waals surface area contributed by atoms with Crippen LogP contribution in [0.4, 0.5) is 4.39 Å². The first-order valence-corrected chi connectivity index (χ1v) is 7.09. The second kappa shape index (κ2) is 4.84. The summed E-state index contributed by atoms with van der Waals surface area (Å²) in [6.07, 6.45) is 3.71. The Labute approximate surface area is 127 Å². The maximum Gasteiger partial charge on any atom is 0.161 e. The Morgan fingerprint density at radius 3 is 2.36 bits per heavy atom. The molecule has 0 spiro atoms. The summed E-state index contributed by atoms with van der Waals surface area (Å²) in [6, 6.07) is 16.7. The fraction of sp³-hybridized carbons (Fsp3) is 0.0556. The van der Waals surface area contributed by atoms with Gasteiger partial charge < -0.3 is 0 Å². The first-order valence-electron chi connectivity index (χ1n) is 7.09. The van der Waals surface area contributed by atoms with Crippen molar-refractivity contribution >= 4 is 5.65 Å². The molecular weight excluding hydrogens is 277 g/mol. The van der Waals surface area contributed by atoms with Crippen molar-refractivity contribution in [2.75, 3.05) is 0 Å². The highest BCUT2D eigenvalue weighted by molar-refractivity contribution is 5.90. The number of benzene rings is 2. The molecule has 0 aliphatic rings. The van der Waals surface area contributed by atoms with Gasteiger partial charge in [-0.1, -0.05) is 30.3 Å². The van der Waals surface area contributed by atoms with Gasteiger partial charge in [-0.15, -0.1) is 0 Å². The van der Waals surface area contributed by atoms with E-state index in [1.54, 1.807) is 18.3 Å². The minimum Gasteiger partial charge on any atom is -0.282 e. The zero-order valence-corrected chi connectivity index (χ0v) is 12.1. The lowest BCUT2D eigenvalue weighted by Crippen LogP contribution is -1.99. The van der Waals surface area contributed by atoms with E-state index in [1.165, 1.54) is 12.1 Å². The molecule has 2 aromatic carbocycles. The van der Waals surface area contributed by atoms with Crippen LogP contribution >= 0.6 is 0 Å². The van der Waals surface area contributed by atoms with E-state index < -0.39 is 0 Å². The van der Waals surface area contributed by atoms with Gasteiger partial charge in [0.05, 0.1) is 11.3 Å². The van der Waals surface area contributed by atoms with E-state index in [0.717, 1.165) is 28.0 Å². The van der Waals surface area contributed by atoms with Gasteiger partial charge in [-0.2, -0.15) is 0 Å². The van der Waals surface area contributed by atoms with Crippen molar-refractivity contribution < 1.29 is 4.39 Å². The predicted molar refractivity (Wildman–Crippen MR) is 85.0 cm³/mol. The molecular formula is C18H14FN3. The van der Waals surface area contributed by atoms with E-state index in [4.69, 9.17) is 0 Å². The monoisotopic (exact) mass is 291 g/mol. The molecule has 0 atom stereocenters. The van der Waals surface area contributed by atoms with Crippen molar-refractivity contribution in [3.8, 4) is 22.4 Å². The van der Waals surface area contributed by atoms with E-state index in [0.29, 0.717) is 0 Å². The Balaban J connectivity index is 2.07. The van der Waals surface area contributed by atoms with Crippen LogP contribution in [-0.4, -0.2) is 14.2 Å². The van der Waals surface area contributed by atoms with E-state index in [1.807, 2.05) is 40.6 Å². The summed E-state index contributed by atoms with van der Waals surface area (Å²) in [6.45, 7) is 0. The molecule has 0 bridgehead atoms. The van der Waals surface area contributed by atoms with Crippen molar-refractivity contribution in [1.82, 2.24) is 14.2 Å². The van der Waals surface area contributed by atoms with Gasteiger partial charge in [-0.05, 0) is 29.8 Å². The number of aryl methyl sites for hydroxylation is 1. The third-order valence-electron chi connectivity index (χ3n) is 3.91. The highest BCUT2D eigenvalue weighted by Crippen LogP contribution is 2.35. The Hall–Kier alpha value is -2.88. The number of aromatic nitrogens is 3. The van der Waals surface area contributed by atoms with Crippen LogP contribution < -0.4 is 0 Å².